The predicted octanol–water partition coefficient (Wildman–Crippen LogP) is 4.97. The minimum atomic E-state index is -0.0186. The maximum absolute atomic E-state index is 6.24. The summed E-state index contributed by atoms with van der Waals surface area (Å²) in [5.41, 5.74) is 3.55. The summed E-state index contributed by atoms with van der Waals surface area (Å²) in [6, 6.07) is 16.9. The average Bonchev–Trinajstić information content (AvgIpc) is 3.00. The molecule has 2 unspecified atom stereocenters. The van der Waals surface area contributed by atoms with E-state index in [2.05, 4.69) is 71.2 Å². The van der Waals surface area contributed by atoms with Gasteiger partial charge in [0.1, 0.15) is 5.75 Å². The van der Waals surface area contributed by atoms with Crippen LogP contribution in [0.3, 0.4) is 0 Å². The molecule has 2 heterocycles. The molecule has 0 radical (unpaired) electrons. The Kier molecular flexibility index (Phi) is 3.64. The largest absolute Gasteiger partial charge is 0.468 e. The molecule has 3 nitrogen and oxygen atoms in total. The van der Waals surface area contributed by atoms with E-state index in [1.807, 2.05) is 12.1 Å². The Morgan fingerprint density at radius 3 is 2.70 bits per heavy atom. The molecule has 0 saturated carbocycles. The van der Waals surface area contributed by atoms with Crippen LogP contribution >= 0.6 is 15.9 Å². The van der Waals surface area contributed by atoms with Gasteiger partial charge in [0.25, 0.3) is 0 Å². The van der Waals surface area contributed by atoms with Gasteiger partial charge in [0, 0.05) is 22.4 Å². The summed E-state index contributed by atoms with van der Waals surface area (Å²) in [6.07, 6.45) is 0.898. The molecule has 0 amide bonds. The van der Waals surface area contributed by atoms with E-state index in [1.165, 1.54) is 11.1 Å². The van der Waals surface area contributed by atoms with Crippen LogP contribution in [0.15, 0.2) is 58.1 Å². The quantitative estimate of drug-likeness (QED) is 0.744. The van der Waals surface area contributed by atoms with Gasteiger partial charge in [0.05, 0.1) is 11.8 Å². The SMILES string of the molecule is CC(C)C1Oc2ccc(Br)cc2C2CC(c3ccccc3)=NN21. The zero-order valence-electron chi connectivity index (χ0n) is 13.2. The van der Waals surface area contributed by atoms with Crippen LogP contribution in [-0.4, -0.2) is 16.9 Å². The smallest absolute Gasteiger partial charge is 0.190 e. The molecule has 0 N–H and O–H groups in total. The van der Waals surface area contributed by atoms with Crippen molar-refractivity contribution >= 4 is 21.6 Å². The monoisotopic (exact) mass is 370 g/mol. The highest BCUT2D eigenvalue weighted by Crippen LogP contribution is 2.45. The lowest BCUT2D eigenvalue weighted by molar-refractivity contribution is -0.0461. The van der Waals surface area contributed by atoms with Gasteiger partial charge in [-0.1, -0.05) is 60.1 Å². The van der Waals surface area contributed by atoms with E-state index in [0.717, 1.165) is 22.4 Å². The number of benzene rings is 2. The molecule has 0 bridgehead atoms. The van der Waals surface area contributed by atoms with E-state index in [1.54, 1.807) is 0 Å². The van der Waals surface area contributed by atoms with E-state index in [-0.39, 0.29) is 12.3 Å². The van der Waals surface area contributed by atoms with Crippen LogP contribution in [0.5, 0.6) is 5.75 Å². The van der Waals surface area contributed by atoms with E-state index in [4.69, 9.17) is 9.84 Å². The maximum Gasteiger partial charge on any atom is 0.190 e. The summed E-state index contributed by atoms with van der Waals surface area (Å²) < 4.78 is 7.32. The molecule has 0 aromatic heterocycles. The lowest BCUT2D eigenvalue weighted by atomic mass is 9.95. The second-order valence-corrected chi connectivity index (χ2v) is 7.36. The number of hydrogen-bond acceptors (Lipinski definition) is 3. The fourth-order valence-electron chi connectivity index (χ4n) is 3.33. The first-order valence-electron chi connectivity index (χ1n) is 8.01. The van der Waals surface area contributed by atoms with Crippen molar-refractivity contribution in [3.63, 3.8) is 0 Å². The lowest BCUT2D eigenvalue weighted by Gasteiger charge is -2.40. The zero-order chi connectivity index (χ0) is 16.0. The summed E-state index contributed by atoms with van der Waals surface area (Å²) in [5.74, 6) is 1.35. The van der Waals surface area contributed by atoms with E-state index in [9.17, 15) is 0 Å². The van der Waals surface area contributed by atoms with Gasteiger partial charge in [0.2, 0.25) is 0 Å². The third-order valence-corrected chi connectivity index (χ3v) is 4.95. The van der Waals surface area contributed by atoms with Crippen molar-refractivity contribution in [3.05, 3.63) is 64.1 Å². The van der Waals surface area contributed by atoms with Gasteiger partial charge in [0.15, 0.2) is 6.23 Å². The molecular weight excluding hydrogens is 352 g/mol. The van der Waals surface area contributed by atoms with Crippen LogP contribution in [0.1, 0.15) is 37.4 Å². The van der Waals surface area contributed by atoms with Crippen LogP contribution in [0.2, 0.25) is 0 Å². The minimum Gasteiger partial charge on any atom is -0.468 e. The Bertz CT molecular complexity index is 757. The van der Waals surface area contributed by atoms with Gasteiger partial charge in [-0.2, -0.15) is 5.10 Å². The molecule has 4 heteroatoms. The fourth-order valence-corrected chi connectivity index (χ4v) is 3.71. The van der Waals surface area contributed by atoms with E-state index < -0.39 is 0 Å². The molecule has 23 heavy (non-hydrogen) atoms. The summed E-state index contributed by atoms with van der Waals surface area (Å²) in [6.45, 7) is 4.36. The summed E-state index contributed by atoms with van der Waals surface area (Å²) in [5, 5.41) is 7.08. The van der Waals surface area contributed by atoms with Crippen molar-refractivity contribution in [2.75, 3.05) is 0 Å². The number of hydrogen-bond donors (Lipinski definition) is 0. The molecule has 2 aromatic rings. The topological polar surface area (TPSA) is 24.8 Å². The molecule has 2 aliphatic heterocycles. The third-order valence-electron chi connectivity index (χ3n) is 4.46. The zero-order valence-corrected chi connectivity index (χ0v) is 14.8. The van der Waals surface area contributed by atoms with Gasteiger partial charge >= 0.3 is 0 Å². The molecule has 2 atom stereocenters. The fraction of sp³-hybridized carbons (Fsp3) is 0.316. The molecule has 0 saturated heterocycles. The van der Waals surface area contributed by atoms with E-state index >= 15 is 0 Å². The first kappa shape index (κ1) is 14.8. The maximum atomic E-state index is 6.24. The second-order valence-electron chi connectivity index (χ2n) is 6.45. The number of fused-ring (bicyclic) bond motifs is 3. The molecule has 0 aliphatic carbocycles. The van der Waals surface area contributed by atoms with Crippen molar-refractivity contribution in [3.8, 4) is 5.75 Å². The number of halogens is 1. The molecule has 118 valence electrons. The van der Waals surface area contributed by atoms with Crippen molar-refractivity contribution in [2.24, 2.45) is 11.0 Å². The van der Waals surface area contributed by atoms with Gasteiger partial charge in [-0.3, -0.25) is 0 Å². The van der Waals surface area contributed by atoms with Crippen molar-refractivity contribution in [2.45, 2.75) is 32.5 Å². The van der Waals surface area contributed by atoms with Crippen LogP contribution in [0.25, 0.3) is 0 Å². The van der Waals surface area contributed by atoms with Crippen molar-refractivity contribution < 1.29 is 4.74 Å². The number of hydrazone groups is 1. The minimum absolute atomic E-state index is 0.0186. The van der Waals surface area contributed by atoms with Gasteiger partial charge in [-0.15, -0.1) is 0 Å². The first-order valence-corrected chi connectivity index (χ1v) is 8.80. The first-order chi connectivity index (χ1) is 11.1. The second kappa shape index (κ2) is 5.68. The van der Waals surface area contributed by atoms with Crippen molar-refractivity contribution in [1.29, 1.82) is 0 Å². The van der Waals surface area contributed by atoms with Gasteiger partial charge in [-0.25, -0.2) is 5.01 Å². The van der Waals surface area contributed by atoms with Crippen molar-refractivity contribution in [1.82, 2.24) is 5.01 Å². The molecule has 0 fully saturated rings. The molecule has 2 aliphatic rings. The molecular formula is C19H19BrN2O. The van der Waals surface area contributed by atoms with Gasteiger partial charge in [-0.05, 0) is 23.8 Å². The summed E-state index contributed by atoms with van der Waals surface area (Å²) in [4.78, 5) is 0. The lowest BCUT2D eigenvalue weighted by Crippen LogP contribution is -2.43. The predicted molar refractivity (Wildman–Crippen MR) is 95.6 cm³/mol. The highest BCUT2D eigenvalue weighted by atomic mass is 79.9. The van der Waals surface area contributed by atoms with Crippen LogP contribution in [-0.2, 0) is 0 Å². The number of ether oxygens (including phenoxy) is 1. The molecule has 2 aromatic carbocycles. The van der Waals surface area contributed by atoms with Crippen LogP contribution in [0.4, 0.5) is 0 Å². The van der Waals surface area contributed by atoms with Crippen LogP contribution < -0.4 is 4.74 Å². The Hall–Kier alpha value is -1.81. The molecule has 0 spiro atoms. The highest BCUT2D eigenvalue weighted by molar-refractivity contribution is 9.10. The number of nitrogens with zero attached hydrogens (tertiary/aromatic N) is 2. The normalized spacial score (nSPS) is 22.4. The summed E-state index contributed by atoms with van der Waals surface area (Å²) in [7, 11) is 0. The third kappa shape index (κ3) is 2.55. The molecule has 4 rings (SSSR count). The Balaban J connectivity index is 1.77. The Labute approximate surface area is 145 Å². The summed E-state index contributed by atoms with van der Waals surface area (Å²) >= 11 is 3.58. The highest BCUT2D eigenvalue weighted by Gasteiger charge is 2.41. The standard InChI is InChI=1S/C19H19BrN2O/c1-12(2)19-22-17(15-10-14(20)8-9-18(15)23-19)11-16(21-22)13-6-4-3-5-7-13/h3-10,12,17,19H,11H2,1-2H3. The Morgan fingerprint density at radius 2 is 1.96 bits per heavy atom. The number of rotatable bonds is 2. The Morgan fingerprint density at radius 1 is 1.17 bits per heavy atom. The van der Waals surface area contributed by atoms with E-state index in [0.29, 0.717) is 5.92 Å². The van der Waals surface area contributed by atoms with Gasteiger partial charge < -0.3 is 4.74 Å². The average molecular weight is 371 g/mol. The van der Waals surface area contributed by atoms with Crippen LogP contribution in [0, 0.1) is 5.92 Å².